The summed E-state index contributed by atoms with van der Waals surface area (Å²) >= 11 is 0. The molecular formula is C14H19NO5S. The topological polar surface area (TPSA) is 101 Å². The molecule has 1 rings (SSSR count). The van der Waals surface area contributed by atoms with Gasteiger partial charge < -0.3 is 10.4 Å². The number of aliphatic carboxylic acids is 1. The number of sulfone groups is 1. The van der Waals surface area contributed by atoms with Gasteiger partial charge in [-0.2, -0.15) is 0 Å². The van der Waals surface area contributed by atoms with Crippen molar-refractivity contribution in [3.8, 4) is 0 Å². The molecule has 0 aliphatic carbocycles. The Hall–Kier alpha value is -1.89. The van der Waals surface area contributed by atoms with Crippen LogP contribution in [0.5, 0.6) is 0 Å². The summed E-state index contributed by atoms with van der Waals surface area (Å²) in [7, 11) is -3.43. The monoisotopic (exact) mass is 313 g/mol. The van der Waals surface area contributed by atoms with Gasteiger partial charge in [0.1, 0.15) is 6.04 Å². The van der Waals surface area contributed by atoms with Crippen LogP contribution in [0, 0.1) is 6.92 Å². The molecule has 0 aliphatic heterocycles. The number of rotatable bonds is 6. The molecule has 6 nitrogen and oxygen atoms in total. The van der Waals surface area contributed by atoms with Gasteiger partial charge in [0.2, 0.25) is 0 Å². The van der Waals surface area contributed by atoms with Gasteiger partial charge in [-0.15, -0.1) is 0 Å². The third kappa shape index (κ3) is 4.56. The van der Waals surface area contributed by atoms with Gasteiger partial charge in [-0.25, -0.2) is 13.2 Å². The van der Waals surface area contributed by atoms with E-state index >= 15 is 0 Å². The van der Waals surface area contributed by atoms with Crippen LogP contribution in [-0.4, -0.2) is 37.7 Å². The standard InChI is InChI=1S/C14H19NO5S/c1-4-5-12(14(17)18)15-13(16)11-8-10(21(3,19)20)7-6-9(11)2/h6-8,12H,4-5H2,1-3H3,(H,15,16)(H,17,18)/t12-/m0/s1. The fraction of sp³-hybridized carbons (Fsp3) is 0.429. The number of nitrogens with one attached hydrogen (secondary N) is 1. The molecule has 1 amide bonds. The Morgan fingerprint density at radius 2 is 1.95 bits per heavy atom. The summed E-state index contributed by atoms with van der Waals surface area (Å²) in [5.41, 5.74) is 0.751. The average Bonchev–Trinajstić information content (AvgIpc) is 2.36. The van der Waals surface area contributed by atoms with Crippen molar-refractivity contribution >= 4 is 21.7 Å². The lowest BCUT2D eigenvalue weighted by Gasteiger charge is -2.15. The molecule has 0 bridgehead atoms. The third-order valence-corrected chi connectivity index (χ3v) is 4.17. The van der Waals surface area contributed by atoms with Gasteiger partial charge in [-0.1, -0.05) is 19.4 Å². The predicted octanol–water partition coefficient (Wildman–Crippen LogP) is 1.38. The van der Waals surface area contributed by atoms with E-state index in [9.17, 15) is 18.0 Å². The molecule has 1 aromatic carbocycles. The molecule has 1 aromatic rings. The molecule has 0 aliphatic rings. The zero-order valence-corrected chi connectivity index (χ0v) is 13.0. The fourth-order valence-corrected chi connectivity index (χ4v) is 2.51. The summed E-state index contributed by atoms with van der Waals surface area (Å²) in [5.74, 6) is -1.69. The number of hydrogen-bond donors (Lipinski definition) is 2. The van der Waals surface area contributed by atoms with Crippen LogP contribution in [-0.2, 0) is 14.6 Å². The van der Waals surface area contributed by atoms with Crippen LogP contribution in [0.3, 0.4) is 0 Å². The molecule has 0 heterocycles. The van der Waals surface area contributed by atoms with Gasteiger partial charge in [0.15, 0.2) is 9.84 Å². The number of amides is 1. The Morgan fingerprint density at radius 1 is 1.33 bits per heavy atom. The average molecular weight is 313 g/mol. The van der Waals surface area contributed by atoms with Crippen LogP contribution < -0.4 is 5.32 Å². The van der Waals surface area contributed by atoms with Crippen LogP contribution in [0.15, 0.2) is 23.1 Å². The fourth-order valence-electron chi connectivity index (χ4n) is 1.86. The van der Waals surface area contributed by atoms with Gasteiger partial charge in [-0.05, 0) is 31.0 Å². The Balaban J connectivity index is 3.09. The molecule has 0 fully saturated rings. The third-order valence-electron chi connectivity index (χ3n) is 3.06. The maximum absolute atomic E-state index is 12.2. The van der Waals surface area contributed by atoms with Crippen molar-refractivity contribution in [1.29, 1.82) is 0 Å². The SMILES string of the molecule is CCC[C@H](NC(=O)c1cc(S(C)(=O)=O)ccc1C)C(=O)O. The number of carbonyl (C=O) groups excluding carboxylic acids is 1. The molecular weight excluding hydrogens is 294 g/mol. The lowest BCUT2D eigenvalue weighted by molar-refractivity contribution is -0.139. The van der Waals surface area contributed by atoms with Gasteiger partial charge in [0.05, 0.1) is 4.90 Å². The first-order valence-corrected chi connectivity index (χ1v) is 8.40. The first-order chi connectivity index (χ1) is 9.66. The summed E-state index contributed by atoms with van der Waals surface area (Å²) in [6.07, 6.45) is 1.97. The summed E-state index contributed by atoms with van der Waals surface area (Å²) in [5, 5.41) is 11.5. The second-order valence-corrected chi connectivity index (χ2v) is 6.92. The summed E-state index contributed by atoms with van der Waals surface area (Å²) in [6, 6.07) is 3.23. The Kier molecular flexibility index (Phi) is 5.48. The minimum absolute atomic E-state index is 0.0283. The highest BCUT2D eigenvalue weighted by Gasteiger charge is 2.21. The van der Waals surface area contributed by atoms with Crippen molar-refractivity contribution in [1.82, 2.24) is 5.32 Å². The molecule has 0 unspecified atom stereocenters. The lowest BCUT2D eigenvalue weighted by atomic mass is 10.1. The number of carbonyl (C=O) groups is 2. The summed E-state index contributed by atoms with van der Waals surface area (Å²) in [6.45, 7) is 3.48. The maximum Gasteiger partial charge on any atom is 0.326 e. The van der Waals surface area contributed by atoms with Crippen molar-refractivity contribution < 1.29 is 23.1 Å². The smallest absolute Gasteiger partial charge is 0.326 e. The first kappa shape index (κ1) is 17.2. The highest BCUT2D eigenvalue weighted by Crippen LogP contribution is 2.16. The molecule has 7 heteroatoms. The minimum atomic E-state index is -3.43. The zero-order chi connectivity index (χ0) is 16.2. The molecule has 0 aromatic heterocycles. The van der Waals surface area contributed by atoms with Crippen molar-refractivity contribution in [3.05, 3.63) is 29.3 Å². The predicted molar refractivity (Wildman–Crippen MR) is 78.1 cm³/mol. The van der Waals surface area contributed by atoms with Crippen molar-refractivity contribution in [3.63, 3.8) is 0 Å². The van der Waals surface area contributed by atoms with Gasteiger partial charge >= 0.3 is 5.97 Å². The van der Waals surface area contributed by atoms with Crippen molar-refractivity contribution in [2.45, 2.75) is 37.6 Å². The molecule has 2 N–H and O–H groups in total. The number of aryl methyl sites for hydroxylation is 1. The van der Waals surface area contributed by atoms with Crippen molar-refractivity contribution in [2.75, 3.05) is 6.26 Å². The maximum atomic E-state index is 12.2. The second kappa shape index (κ2) is 6.71. The van der Waals surface area contributed by atoms with Gasteiger partial charge in [0.25, 0.3) is 5.91 Å². The van der Waals surface area contributed by atoms with Crippen molar-refractivity contribution in [2.24, 2.45) is 0 Å². The van der Waals surface area contributed by atoms with Gasteiger partial charge in [-0.3, -0.25) is 4.79 Å². The van der Waals surface area contributed by atoms with E-state index in [4.69, 9.17) is 5.11 Å². The van der Waals surface area contributed by atoms with E-state index in [0.29, 0.717) is 18.4 Å². The quantitative estimate of drug-likeness (QED) is 0.826. The summed E-state index contributed by atoms with van der Waals surface area (Å²) < 4.78 is 23.1. The lowest BCUT2D eigenvalue weighted by Crippen LogP contribution is -2.40. The summed E-state index contributed by atoms with van der Waals surface area (Å²) in [4.78, 5) is 23.3. The van der Waals surface area contributed by atoms with Crippen LogP contribution >= 0.6 is 0 Å². The van der Waals surface area contributed by atoms with E-state index in [-0.39, 0.29) is 10.5 Å². The van der Waals surface area contributed by atoms with E-state index in [1.165, 1.54) is 18.2 Å². The first-order valence-electron chi connectivity index (χ1n) is 6.51. The van der Waals surface area contributed by atoms with Gasteiger partial charge in [0, 0.05) is 11.8 Å². The highest BCUT2D eigenvalue weighted by molar-refractivity contribution is 7.90. The molecule has 0 radical (unpaired) electrons. The van der Waals surface area contributed by atoms with Crippen LogP contribution in [0.4, 0.5) is 0 Å². The molecule has 116 valence electrons. The second-order valence-electron chi connectivity index (χ2n) is 4.90. The van der Waals surface area contributed by atoms with Crippen LogP contribution in [0.25, 0.3) is 0 Å². The van der Waals surface area contributed by atoms with E-state index < -0.39 is 27.8 Å². The molecule has 1 atom stereocenters. The van der Waals surface area contributed by atoms with E-state index in [0.717, 1.165) is 6.26 Å². The van der Waals surface area contributed by atoms with E-state index in [1.54, 1.807) is 6.92 Å². The molecule has 21 heavy (non-hydrogen) atoms. The van der Waals surface area contributed by atoms with Crippen LogP contribution in [0.1, 0.15) is 35.7 Å². The van der Waals surface area contributed by atoms with Crippen LogP contribution in [0.2, 0.25) is 0 Å². The number of benzene rings is 1. The number of hydrogen-bond acceptors (Lipinski definition) is 4. The minimum Gasteiger partial charge on any atom is -0.480 e. The number of carboxylic acids is 1. The molecule has 0 saturated heterocycles. The highest BCUT2D eigenvalue weighted by atomic mass is 32.2. The molecule has 0 saturated carbocycles. The number of carboxylic acid groups (broad SMARTS) is 1. The normalized spacial score (nSPS) is 12.7. The Bertz CT molecular complexity index is 651. The largest absolute Gasteiger partial charge is 0.480 e. The molecule has 0 spiro atoms. The van der Waals surface area contributed by atoms with E-state index in [2.05, 4.69) is 5.32 Å². The Labute approximate surface area is 124 Å². The zero-order valence-electron chi connectivity index (χ0n) is 12.2. The van der Waals surface area contributed by atoms with E-state index in [1.807, 2.05) is 6.92 Å². The Morgan fingerprint density at radius 3 is 2.43 bits per heavy atom.